The van der Waals surface area contributed by atoms with E-state index in [0.29, 0.717) is 12.4 Å². The van der Waals surface area contributed by atoms with Crippen LogP contribution >= 0.6 is 0 Å². The summed E-state index contributed by atoms with van der Waals surface area (Å²) < 4.78 is 22.2. The lowest BCUT2D eigenvalue weighted by Gasteiger charge is -2.25. The second-order valence-corrected chi connectivity index (χ2v) is 19.6. The van der Waals surface area contributed by atoms with Crippen LogP contribution in [0, 0.1) is 11.8 Å². The van der Waals surface area contributed by atoms with Crippen LogP contribution in [-0.2, 0) is 39.8 Å². The first kappa shape index (κ1) is 41.9. The Hall–Kier alpha value is -4.22. The maximum atomic E-state index is 13.4. The van der Waals surface area contributed by atoms with Crippen molar-refractivity contribution in [2.45, 2.75) is 90.4 Å². The lowest BCUT2D eigenvalue weighted by molar-refractivity contribution is -0.173. The molecule has 0 aromatic heterocycles. The first-order valence-electron chi connectivity index (χ1n) is 17.3. The van der Waals surface area contributed by atoms with Crippen LogP contribution in [0.15, 0.2) is 72.8 Å². The summed E-state index contributed by atoms with van der Waals surface area (Å²) in [6.45, 7) is 12.7. The van der Waals surface area contributed by atoms with Gasteiger partial charge in [-0.05, 0) is 47.7 Å². The molecule has 10 nitrogen and oxygen atoms in total. The molecule has 1 unspecified atom stereocenters. The van der Waals surface area contributed by atoms with Gasteiger partial charge in [0, 0.05) is 33.4 Å². The predicted octanol–water partition coefficient (Wildman–Crippen LogP) is 6.12. The number of carbonyl (C=O) groups is 4. The Morgan fingerprint density at radius 1 is 0.920 bits per heavy atom. The Labute approximate surface area is 298 Å². The molecule has 2 rings (SSSR count). The van der Waals surface area contributed by atoms with Crippen molar-refractivity contribution in [2.75, 3.05) is 20.3 Å². The van der Waals surface area contributed by atoms with E-state index in [2.05, 4.69) is 25.0 Å². The Balaban J connectivity index is 2.23. The zero-order chi connectivity index (χ0) is 37.1. The van der Waals surface area contributed by atoms with Gasteiger partial charge in [0.15, 0.2) is 6.10 Å². The predicted molar refractivity (Wildman–Crippen MR) is 199 cm³/mol. The smallest absolute Gasteiger partial charge is 0.347 e. The monoisotopic (exact) mass is 708 g/mol. The number of hydrogen-bond donors (Lipinski definition) is 2. The number of amides is 1. The Morgan fingerprint density at radius 2 is 1.60 bits per heavy atom. The van der Waals surface area contributed by atoms with E-state index in [1.165, 1.54) is 6.08 Å². The summed E-state index contributed by atoms with van der Waals surface area (Å²) in [5.74, 6) is -1.75. The number of rotatable bonds is 21. The van der Waals surface area contributed by atoms with Crippen molar-refractivity contribution in [2.24, 2.45) is 17.6 Å². The molecule has 0 aliphatic carbocycles. The molecular formula is C39H56N2O8Si. The third kappa shape index (κ3) is 16.9. The lowest BCUT2D eigenvalue weighted by Crippen LogP contribution is -2.43. The zero-order valence-electron chi connectivity index (χ0n) is 30.7. The van der Waals surface area contributed by atoms with E-state index in [1.807, 2.05) is 75.4 Å². The van der Waals surface area contributed by atoms with Crippen LogP contribution in [0.4, 0.5) is 0 Å². The van der Waals surface area contributed by atoms with Gasteiger partial charge in [0.05, 0.1) is 20.1 Å². The largest absolute Gasteiger partial charge is 0.497 e. The van der Waals surface area contributed by atoms with Gasteiger partial charge in [0.25, 0.3) is 0 Å². The molecule has 0 aliphatic rings. The fourth-order valence-corrected chi connectivity index (χ4v) is 5.49. The summed E-state index contributed by atoms with van der Waals surface area (Å²) in [5.41, 5.74) is 7.31. The molecule has 11 heteroatoms. The topological polar surface area (TPSA) is 143 Å². The summed E-state index contributed by atoms with van der Waals surface area (Å²) >= 11 is 0. The van der Waals surface area contributed by atoms with Crippen molar-refractivity contribution >= 4 is 38.0 Å². The number of esters is 3. The minimum Gasteiger partial charge on any atom is -0.497 e. The molecule has 1 amide bonds. The SMILES string of the molecule is COc1ccc(C[C@@H](NC(=O)/C=C/C[C@H](OC(=O)C(CC(C)C)OC(=O)CCN)[C@@H](C)/C=C/c2ccccc2)C(=O)OCC[Si](C)(C)C)cc1. The molecule has 0 saturated heterocycles. The van der Waals surface area contributed by atoms with Gasteiger partial charge in [-0.15, -0.1) is 0 Å². The summed E-state index contributed by atoms with van der Waals surface area (Å²) in [4.78, 5) is 51.9. The molecule has 4 atom stereocenters. The molecule has 0 fully saturated rings. The molecule has 0 radical (unpaired) electrons. The molecule has 0 heterocycles. The van der Waals surface area contributed by atoms with Crippen LogP contribution < -0.4 is 15.8 Å². The van der Waals surface area contributed by atoms with Gasteiger partial charge in [-0.2, -0.15) is 0 Å². The summed E-state index contributed by atoms with van der Waals surface area (Å²) in [6.07, 6.45) is 5.74. The molecule has 0 bridgehead atoms. The third-order valence-corrected chi connectivity index (χ3v) is 9.45. The highest BCUT2D eigenvalue weighted by Crippen LogP contribution is 2.20. The molecule has 274 valence electrons. The van der Waals surface area contributed by atoms with Gasteiger partial charge in [0.2, 0.25) is 5.91 Å². The molecule has 0 spiro atoms. The molecule has 50 heavy (non-hydrogen) atoms. The van der Waals surface area contributed by atoms with E-state index in [0.717, 1.165) is 17.2 Å². The van der Waals surface area contributed by atoms with Crippen molar-refractivity contribution in [3.8, 4) is 5.75 Å². The van der Waals surface area contributed by atoms with Crippen molar-refractivity contribution in [3.05, 3.63) is 84.0 Å². The van der Waals surface area contributed by atoms with E-state index in [4.69, 9.17) is 24.7 Å². The highest BCUT2D eigenvalue weighted by Gasteiger charge is 2.29. The summed E-state index contributed by atoms with van der Waals surface area (Å²) in [7, 11) is 0.139. The standard InChI is InChI=1S/C39H56N2O8Si/c1-28(2)26-35(48-37(43)22-23-40)39(45)49-34(29(3)16-17-30-12-9-8-10-13-30)14-11-15-36(42)41-33(38(44)47-24-25-50(5,6)7)27-31-18-20-32(46-4)21-19-31/h8-13,15-21,28-29,33-35H,14,22-27,40H2,1-7H3,(H,41,42)/b15-11+,17-16+/t29-,33+,34-,35?/m0/s1. The number of carbonyl (C=O) groups excluding carboxylic acids is 4. The van der Waals surface area contributed by atoms with Crippen LogP contribution in [0.2, 0.25) is 25.7 Å². The Morgan fingerprint density at radius 3 is 2.20 bits per heavy atom. The van der Waals surface area contributed by atoms with E-state index >= 15 is 0 Å². The quantitative estimate of drug-likeness (QED) is 0.0679. The van der Waals surface area contributed by atoms with E-state index in [-0.39, 0.29) is 44.1 Å². The minimum absolute atomic E-state index is 0.00924. The first-order chi connectivity index (χ1) is 23.7. The second-order valence-electron chi connectivity index (χ2n) is 14.0. The molecule has 2 aromatic rings. The van der Waals surface area contributed by atoms with Gasteiger partial charge in [0.1, 0.15) is 17.9 Å². The molecular weight excluding hydrogens is 653 g/mol. The Kier molecular flexibility index (Phi) is 18.3. The van der Waals surface area contributed by atoms with Gasteiger partial charge in [-0.1, -0.05) is 101 Å². The van der Waals surface area contributed by atoms with E-state index < -0.39 is 50.1 Å². The minimum atomic E-state index is -1.44. The van der Waals surface area contributed by atoms with Gasteiger partial charge >= 0.3 is 17.9 Å². The molecule has 0 aliphatic heterocycles. The van der Waals surface area contributed by atoms with Crippen molar-refractivity contribution in [1.82, 2.24) is 5.32 Å². The Bertz CT molecular complexity index is 1400. The van der Waals surface area contributed by atoms with E-state index in [9.17, 15) is 19.2 Å². The number of nitrogens with one attached hydrogen (secondary N) is 1. The zero-order valence-corrected chi connectivity index (χ0v) is 31.7. The molecule has 0 saturated carbocycles. The van der Waals surface area contributed by atoms with Crippen LogP contribution in [-0.4, -0.2) is 70.4 Å². The maximum absolute atomic E-state index is 13.4. The van der Waals surface area contributed by atoms with Gasteiger partial charge in [-0.25, -0.2) is 9.59 Å². The average Bonchev–Trinajstić information content (AvgIpc) is 3.06. The fraction of sp³-hybridized carbons (Fsp3) is 0.487. The van der Waals surface area contributed by atoms with Crippen molar-refractivity contribution in [1.29, 1.82) is 0 Å². The van der Waals surface area contributed by atoms with Crippen LogP contribution in [0.3, 0.4) is 0 Å². The highest BCUT2D eigenvalue weighted by atomic mass is 28.3. The number of hydrogen-bond acceptors (Lipinski definition) is 9. The second kappa shape index (κ2) is 21.8. The summed E-state index contributed by atoms with van der Waals surface area (Å²) in [6, 6.07) is 16.9. The number of nitrogens with two attached hydrogens (primary N) is 1. The van der Waals surface area contributed by atoms with Crippen LogP contribution in [0.1, 0.15) is 51.2 Å². The molecule has 3 N–H and O–H groups in total. The first-order valence-corrected chi connectivity index (χ1v) is 21.0. The molecule has 2 aromatic carbocycles. The number of ether oxygens (including phenoxy) is 4. The summed E-state index contributed by atoms with van der Waals surface area (Å²) in [5, 5.41) is 2.80. The fourth-order valence-electron chi connectivity index (χ4n) is 4.78. The van der Waals surface area contributed by atoms with Crippen molar-refractivity contribution in [3.63, 3.8) is 0 Å². The van der Waals surface area contributed by atoms with Crippen LogP contribution in [0.25, 0.3) is 6.08 Å². The highest BCUT2D eigenvalue weighted by molar-refractivity contribution is 6.76. The normalized spacial score (nSPS) is 14.2. The average molecular weight is 709 g/mol. The van der Waals surface area contributed by atoms with E-state index in [1.54, 1.807) is 25.3 Å². The number of methoxy groups -OCH3 is 1. The maximum Gasteiger partial charge on any atom is 0.347 e. The van der Waals surface area contributed by atoms with Gasteiger partial charge < -0.3 is 30.0 Å². The van der Waals surface area contributed by atoms with Crippen molar-refractivity contribution < 1.29 is 38.1 Å². The lowest BCUT2D eigenvalue weighted by atomic mass is 9.99. The van der Waals surface area contributed by atoms with Gasteiger partial charge in [-0.3, -0.25) is 9.59 Å². The number of benzene rings is 2. The third-order valence-electron chi connectivity index (χ3n) is 7.75. The van der Waals surface area contributed by atoms with Crippen LogP contribution in [0.5, 0.6) is 5.75 Å².